The van der Waals surface area contributed by atoms with Crippen LogP contribution in [0.3, 0.4) is 0 Å². The van der Waals surface area contributed by atoms with Crippen molar-refractivity contribution in [3.05, 3.63) is 116 Å². The number of aliphatic hydroxyl groups is 2. The van der Waals surface area contributed by atoms with Crippen LogP contribution in [-0.4, -0.2) is 44.0 Å². The van der Waals surface area contributed by atoms with E-state index in [2.05, 4.69) is 9.98 Å². The standard InChI is InChI=1S/C13H16N2O3.C13H14N2O3/c2*1-10-7-14-13(17)15(12(10)16)9-18-8-11-5-3-2-4-6-11/h2-7,13,16-17H,8-9H2,1H3;2-7H,8-9H2,1H3,(H,14,17). The molecule has 1 atom stereocenters. The van der Waals surface area contributed by atoms with Crippen molar-refractivity contribution in [3.8, 4) is 0 Å². The van der Waals surface area contributed by atoms with E-state index < -0.39 is 12.0 Å². The van der Waals surface area contributed by atoms with E-state index in [-0.39, 0.29) is 24.9 Å². The minimum Gasteiger partial charge on any atom is -0.494 e. The first-order chi connectivity index (χ1) is 17.4. The van der Waals surface area contributed by atoms with Crippen molar-refractivity contribution in [1.29, 1.82) is 0 Å². The van der Waals surface area contributed by atoms with E-state index in [4.69, 9.17) is 9.47 Å². The average molecular weight is 495 g/mol. The highest BCUT2D eigenvalue weighted by atomic mass is 16.5. The smallest absolute Gasteiger partial charge is 0.330 e. The summed E-state index contributed by atoms with van der Waals surface area (Å²) in [4.78, 5) is 30.8. The Labute approximate surface area is 208 Å². The number of benzene rings is 2. The van der Waals surface area contributed by atoms with Gasteiger partial charge in [0.2, 0.25) is 6.35 Å². The van der Waals surface area contributed by atoms with Crippen molar-refractivity contribution in [2.45, 2.75) is 40.1 Å². The van der Waals surface area contributed by atoms with Crippen LogP contribution in [0.15, 0.2) is 92.9 Å². The van der Waals surface area contributed by atoms with Gasteiger partial charge in [0.1, 0.15) is 13.5 Å². The number of hydrogen-bond donors (Lipinski definition) is 3. The van der Waals surface area contributed by atoms with Gasteiger partial charge in [-0.05, 0) is 25.0 Å². The molecule has 36 heavy (non-hydrogen) atoms. The zero-order valence-corrected chi connectivity index (χ0v) is 20.2. The zero-order valence-electron chi connectivity index (χ0n) is 20.2. The maximum Gasteiger partial charge on any atom is 0.330 e. The number of aromatic nitrogens is 2. The highest BCUT2D eigenvalue weighted by molar-refractivity contribution is 5.79. The lowest BCUT2D eigenvalue weighted by Gasteiger charge is -2.29. The summed E-state index contributed by atoms with van der Waals surface area (Å²) in [6.07, 6.45) is 1.75. The van der Waals surface area contributed by atoms with Crippen molar-refractivity contribution in [3.63, 3.8) is 0 Å². The Morgan fingerprint density at radius 1 is 0.917 bits per heavy atom. The number of rotatable bonds is 8. The number of allylic oxidation sites excluding steroid dienone is 1. The van der Waals surface area contributed by atoms with Gasteiger partial charge in [-0.1, -0.05) is 60.7 Å². The van der Waals surface area contributed by atoms with Crippen molar-refractivity contribution >= 4 is 6.21 Å². The molecule has 0 spiro atoms. The first kappa shape index (κ1) is 26.6. The van der Waals surface area contributed by atoms with Gasteiger partial charge in [-0.3, -0.25) is 9.69 Å². The summed E-state index contributed by atoms with van der Waals surface area (Å²) in [7, 11) is 0. The maximum absolute atomic E-state index is 11.7. The number of aromatic amines is 1. The van der Waals surface area contributed by atoms with E-state index in [1.807, 2.05) is 60.7 Å². The molecule has 0 bridgehead atoms. The minimum atomic E-state index is -1.09. The number of ether oxygens (including phenoxy) is 2. The Bertz CT molecular complexity index is 1290. The fourth-order valence-electron chi connectivity index (χ4n) is 3.18. The van der Waals surface area contributed by atoms with E-state index in [0.717, 1.165) is 15.7 Å². The third-order valence-corrected chi connectivity index (χ3v) is 5.22. The van der Waals surface area contributed by atoms with Crippen LogP contribution in [0.25, 0.3) is 0 Å². The molecular weight excluding hydrogens is 464 g/mol. The molecule has 0 aliphatic carbocycles. The number of aliphatic imine (C=N–C) groups is 1. The quantitative estimate of drug-likeness (QED) is 0.439. The summed E-state index contributed by atoms with van der Waals surface area (Å²) in [5.74, 6) is -0.00874. The minimum absolute atomic E-state index is 0.00874. The molecule has 3 N–H and O–H groups in total. The molecule has 0 fully saturated rings. The second-order valence-corrected chi connectivity index (χ2v) is 8.04. The highest BCUT2D eigenvalue weighted by Crippen LogP contribution is 2.15. The van der Waals surface area contributed by atoms with Crippen LogP contribution in [-0.2, 0) is 29.4 Å². The van der Waals surface area contributed by atoms with Gasteiger partial charge in [0.05, 0.1) is 13.2 Å². The first-order valence-electron chi connectivity index (χ1n) is 11.3. The number of aryl methyl sites for hydroxylation is 1. The second kappa shape index (κ2) is 13.2. The number of nitrogens with zero attached hydrogens (tertiary/aromatic N) is 3. The molecule has 0 amide bonds. The molecule has 3 aromatic rings. The van der Waals surface area contributed by atoms with E-state index in [9.17, 15) is 19.8 Å². The van der Waals surface area contributed by atoms with Gasteiger partial charge in [0, 0.05) is 23.5 Å². The maximum atomic E-state index is 11.7. The second-order valence-electron chi connectivity index (χ2n) is 8.04. The Morgan fingerprint density at radius 3 is 2.06 bits per heavy atom. The molecule has 2 heterocycles. The fourth-order valence-corrected chi connectivity index (χ4v) is 3.18. The Morgan fingerprint density at radius 2 is 1.47 bits per heavy atom. The van der Waals surface area contributed by atoms with Crippen LogP contribution in [0.4, 0.5) is 0 Å². The van der Waals surface area contributed by atoms with Crippen molar-refractivity contribution in [1.82, 2.24) is 14.5 Å². The summed E-state index contributed by atoms with van der Waals surface area (Å²) >= 11 is 0. The van der Waals surface area contributed by atoms with E-state index in [1.54, 1.807) is 13.8 Å². The molecular formula is C26H30N4O6. The van der Waals surface area contributed by atoms with Gasteiger partial charge in [-0.2, -0.15) is 0 Å². The van der Waals surface area contributed by atoms with Crippen molar-refractivity contribution < 1.29 is 19.7 Å². The summed E-state index contributed by atoms with van der Waals surface area (Å²) in [5, 5.41) is 19.4. The van der Waals surface area contributed by atoms with Gasteiger partial charge in [-0.25, -0.2) is 14.4 Å². The molecule has 1 aliphatic rings. The summed E-state index contributed by atoms with van der Waals surface area (Å²) in [6, 6.07) is 19.3. The van der Waals surface area contributed by atoms with Gasteiger partial charge < -0.3 is 24.7 Å². The van der Waals surface area contributed by atoms with Gasteiger partial charge in [0.25, 0.3) is 5.56 Å². The monoisotopic (exact) mass is 494 g/mol. The van der Waals surface area contributed by atoms with Crippen LogP contribution >= 0.6 is 0 Å². The van der Waals surface area contributed by atoms with Crippen LogP contribution in [0.1, 0.15) is 23.6 Å². The molecule has 1 aromatic heterocycles. The first-order valence-corrected chi connectivity index (χ1v) is 11.3. The van der Waals surface area contributed by atoms with E-state index >= 15 is 0 Å². The van der Waals surface area contributed by atoms with Crippen LogP contribution in [0, 0.1) is 6.92 Å². The van der Waals surface area contributed by atoms with Gasteiger partial charge >= 0.3 is 5.69 Å². The van der Waals surface area contributed by atoms with Gasteiger partial charge in [-0.15, -0.1) is 0 Å². The van der Waals surface area contributed by atoms with Crippen molar-refractivity contribution in [2.75, 3.05) is 6.73 Å². The lowest BCUT2D eigenvalue weighted by molar-refractivity contribution is -0.0762. The molecule has 1 aliphatic heterocycles. The predicted molar refractivity (Wildman–Crippen MR) is 135 cm³/mol. The molecule has 4 rings (SSSR count). The number of aliphatic hydroxyl groups excluding tert-OH is 2. The summed E-state index contributed by atoms with van der Waals surface area (Å²) < 4.78 is 11.9. The molecule has 10 nitrogen and oxygen atoms in total. The fraction of sp³-hybridized carbons (Fsp3) is 0.269. The SMILES string of the molecule is CC1=C(O)N(COCc2ccccc2)C(O)N=C1.Cc1c[nH]c(=O)n(COCc2ccccc2)c1=O. The van der Waals surface area contributed by atoms with Gasteiger partial charge in [0.15, 0.2) is 5.88 Å². The van der Waals surface area contributed by atoms with Crippen LogP contribution in [0.2, 0.25) is 0 Å². The Kier molecular flexibility index (Phi) is 9.75. The molecule has 0 saturated carbocycles. The molecule has 2 aromatic carbocycles. The molecule has 10 heteroatoms. The number of H-pyrrole nitrogens is 1. The van der Waals surface area contributed by atoms with E-state index in [1.165, 1.54) is 17.3 Å². The molecule has 0 radical (unpaired) electrons. The van der Waals surface area contributed by atoms with E-state index in [0.29, 0.717) is 24.4 Å². The molecule has 0 saturated heterocycles. The number of hydrogen-bond acceptors (Lipinski definition) is 8. The summed E-state index contributed by atoms with van der Waals surface area (Å²) in [5.41, 5.74) is 2.33. The third-order valence-electron chi connectivity index (χ3n) is 5.22. The largest absolute Gasteiger partial charge is 0.494 e. The third kappa shape index (κ3) is 7.51. The lowest BCUT2D eigenvalue weighted by Crippen LogP contribution is -2.38. The topological polar surface area (TPSA) is 129 Å². The molecule has 190 valence electrons. The average Bonchev–Trinajstić information content (AvgIpc) is 2.90. The Balaban J connectivity index is 0.000000201. The highest BCUT2D eigenvalue weighted by Gasteiger charge is 2.22. The number of nitrogens with one attached hydrogen (secondary N) is 1. The normalized spacial score (nSPS) is 15.0. The Hall–Kier alpha value is -3.99. The van der Waals surface area contributed by atoms with Crippen LogP contribution < -0.4 is 11.2 Å². The summed E-state index contributed by atoms with van der Waals surface area (Å²) in [6.45, 7) is 4.17. The van der Waals surface area contributed by atoms with Crippen LogP contribution in [0.5, 0.6) is 0 Å². The molecule has 1 unspecified atom stereocenters. The zero-order chi connectivity index (χ0) is 25.9. The van der Waals surface area contributed by atoms with Crippen molar-refractivity contribution in [2.24, 2.45) is 4.99 Å². The predicted octanol–water partition coefficient (Wildman–Crippen LogP) is 2.63. The lowest BCUT2D eigenvalue weighted by atomic mass is 10.2.